The normalized spacial score (nSPS) is 10.2. The van der Waals surface area contributed by atoms with Crippen molar-refractivity contribution in [2.24, 2.45) is 0 Å². The maximum absolute atomic E-state index is 13.1. The maximum atomic E-state index is 13.1. The van der Waals surface area contributed by atoms with Crippen LogP contribution in [0.4, 0.5) is 4.79 Å². The van der Waals surface area contributed by atoms with Crippen LogP contribution in [-0.4, -0.2) is 54.8 Å². The summed E-state index contributed by atoms with van der Waals surface area (Å²) in [6, 6.07) is 24.7. The number of carbonyl (C=O) groups is 3. The van der Waals surface area contributed by atoms with Crippen LogP contribution in [0.25, 0.3) is 0 Å². The lowest BCUT2D eigenvalue weighted by atomic mass is 10.1. The van der Waals surface area contributed by atoms with E-state index >= 15 is 0 Å². The van der Waals surface area contributed by atoms with Crippen molar-refractivity contribution in [1.29, 1.82) is 0 Å². The molecule has 0 aliphatic rings. The van der Waals surface area contributed by atoms with Gasteiger partial charge in [-0.05, 0) is 42.0 Å². The predicted molar refractivity (Wildman–Crippen MR) is 124 cm³/mol. The molecule has 0 N–H and O–H groups in total. The van der Waals surface area contributed by atoms with Gasteiger partial charge in [0.25, 0.3) is 0 Å². The van der Waals surface area contributed by atoms with Crippen LogP contribution in [0.3, 0.4) is 0 Å². The second kappa shape index (κ2) is 11.5. The topological polar surface area (TPSA) is 76.2 Å². The van der Waals surface area contributed by atoms with E-state index in [1.54, 1.807) is 55.6 Å². The molecule has 170 valence electrons. The number of Topliss-reactive ketones (excluding diaryl/α,β-unsaturated/α-hetero) is 1. The Hall–Kier alpha value is -4.13. The molecule has 3 aromatic rings. The summed E-state index contributed by atoms with van der Waals surface area (Å²) >= 11 is 0. The molecular formula is C26H26N2O5. The molecular weight excluding hydrogens is 420 g/mol. The zero-order valence-corrected chi connectivity index (χ0v) is 18.6. The smallest absolute Gasteiger partial charge is 0.415 e. The number of ketones is 1. The van der Waals surface area contributed by atoms with E-state index in [0.29, 0.717) is 17.1 Å². The fourth-order valence-corrected chi connectivity index (χ4v) is 3.11. The van der Waals surface area contributed by atoms with Crippen molar-refractivity contribution in [1.82, 2.24) is 9.80 Å². The summed E-state index contributed by atoms with van der Waals surface area (Å²) in [4.78, 5) is 41.0. The first kappa shape index (κ1) is 23.5. The lowest BCUT2D eigenvalue weighted by Crippen LogP contribution is -2.43. The third-order valence-electron chi connectivity index (χ3n) is 4.95. The minimum atomic E-state index is -0.657. The van der Waals surface area contributed by atoms with E-state index in [9.17, 15) is 14.4 Å². The van der Waals surface area contributed by atoms with Crippen LogP contribution in [0.5, 0.6) is 11.5 Å². The van der Waals surface area contributed by atoms with Gasteiger partial charge in [0.05, 0.1) is 13.7 Å². The second-order valence-electron chi connectivity index (χ2n) is 7.42. The second-order valence-corrected chi connectivity index (χ2v) is 7.42. The van der Waals surface area contributed by atoms with Gasteiger partial charge in [-0.25, -0.2) is 4.79 Å². The lowest BCUT2D eigenvalue weighted by Gasteiger charge is -2.25. The van der Waals surface area contributed by atoms with Crippen molar-refractivity contribution in [2.75, 3.05) is 27.2 Å². The highest BCUT2D eigenvalue weighted by Gasteiger charge is 2.22. The molecule has 0 aliphatic heterocycles. The third kappa shape index (κ3) is 6.93. The van der Waals surface area contributed by atoms with Crippen molar-refractivity contribution in [3.63, 3.8) is 0 Å². The first-order chi connectivity index (χ1) is 16.0. The number of para-hydroxylation sites is 1. The molecule has 0 aromatic heterocycles. The fourth-order valence-electron chi connectivity index (χ4n) is 3.11. The van der Waals surface area contributed by atoms with Gasteiger partial charge >= 0.3 is 6.09 Å². The molecule has 3 rings (SSSR count). The Bertz CT molecular complexity index is 1070. The van der Waals surface area contributed by atoms with Gasteiger partial charge in [-0.15, -0.1) is 0 Å². The van der Waals surface area contributed by atoms with E-state index in [2.05, 4.69) is 0 Å². The first-order valence-corrected chi connectivity index (χ1v) is 10.4. The number of amides is 2. The molecule has 0 atom stereocenters. The highest BCUT2D eigenvalue weighted by atomic mass is 16.6. The summed E-state index contributed by atoms with van der Waals surface area (Å²) < 4.78 is 10.4. The third-order valence-corrected chi connectivity index (χ3v) is 4.95. The molecule has 7 heteroatoms. The average Bonchev–Trinajstić information content (AvgIpc) is 2.84. The fraction of sp³-hybridized carbons (Fsp3) is 0.192. The molecule has 3 aromatic carbocycles. The van der Waals surface area contributed by atoms with Crippen molar-refractivity contribution >= 4 is 17.8 Å². The van der Waals surface area contributed by atoms with E-state index in [1.165, 1.54) is 16.8 Å². The SMILES string of the molecule is COc1ccc(C(=O)CN(Cc2ccccc2)C(=O)CN(C)C(=O)Oc2ccccc2)cc1. The summed E-state index contributed by atoms with van der Waals surface area (Å²) in [5, 5.41) is 0. The molecule has 0 radical (unpaired) electrons. The molecule has 0 bridgehead atoms. The number of methoxy groups -OCH3 is 1. The summed E-state index contributed by atoms with van der Waals surface area (Å²) in [7, 11) is 3.03. The first-order valence-electron chi connectivity index (χ1n) is 10.4. The van der Waals surface area contributed by atoms with Crippen LogP contribution in [0.1, 0.15) is 15.9 Å². The Labute approximate surface area is 193 Å². The van der Waals surface area contributed by atoms with Crippen LogP contribution in [0, 0.1) is 0 Å². The zero-order valence-electron chi connectivity index (χ0n) is 18.6. The maximum Gasteiger partial charge on any atom is 0.415 e. The van der Waals surface area contributed by atoms with Gasteiger partial charge in [-0.3, -0.25) is 9.59 Å². The molecule has 0 fully saturated rings. The summed E-state index contributed by atoms with van der Waals surface area (Å²) in [6.45, 7) is -0.112. The molecule has 0 saturated heterocycles. The van der Waals surface area contributed by atoms with E-state index in [-0.39, 0.29) is 31.3 Å². The number of carbonyl (C=O) groups excluding carboxylic acids is 3. The highest BCUT2D eigenvalue weighted by molar-refractivity contribution is 5.99. The minimum Gasteiger partial charge on any atom is -0.497 e. The van der Waals surface area contributed by atoms with Gasteiger partial charge < -0.3 is 19.3 Å². The number of hydrogen-bond donors (Lipinski definition) is 0. The molecule has 0 heterocycles. The molecule has 2 amide bonds. The number of hydrogen-bond acceptors (Lipinski definition) is 5. The Morgan fingerprint density at radius 1 is 0.758 bits per heavy atom. The molecule has 0 aliphatic carbocycles. The summed E-state index contributed by atoms with van der Waals surface area (Å²) in [5.74, 6) is 0.449. The zero-order chi connectivity index (χ0) is 23.6. The van der Waals surface area contributed by atoms with Gasteiger partial charge in [0.2, 0.25) is 5.91 Å². The monoisotopic (exact) mass is 446 g/mol. The van der Waals surface area contributed by atoms with E-state index in [0.717, 1.165) is 5.56 Å². The van der Waals surface area contributed by atoms with E-state index in [4.69, 9.17) is 9.47 Å². The number of nitrogens with zero attached hydrogens (tertiary/aromatic N) is 2. The van der Waals surface area contributed by atoms with Crippen LogP contribution in [0.2, 0.25) is 0 Å². The van der Waals surface area contributed by atoms with Crippen LogP contribution in [-0.2, 0) is 11.3 Å². The van der Waals surface area contributed by atoms with Crippen molar-refractivity contribution in [3.05, 3.63) is 96.1 Å². The number of ether oxygens (including phenoxy) is 2. The predicted octanol–water partition coefficient (Wildman–Crippen LogP) is 4.04. The van der Waals surface area contributed by atoms with Crippen molar-refractivity contribution < 1.29 is 23.9 Å². The summed E-state index contributed by atoms with van der Waals surface area (Å²) in [6.07, 6.45) is -0.657. The van der Waals surface area contributed by atoms with Gasteiger partial charge in [-0.2, -0.15) is 0 Å². The quantitative estimate of drug-likeness (QED) is 0.464. The Kier molecular flexibility index (Phi) is 8.18. The highest BCUT2D eigenvalue weighted by Crippen LogP contribution is 2.14. The molecule has 0 saturated carbocycles. The molecule has 0 spiro atoms. The lowest BCUT2D eigenvalue weighted by molar-refractivity contribution is -0.131. The molecule has 33 heavy (non-hydrogen) atoms. The Balaban J connectivity index is 1.69. The van der Waals surface area contributed by atoms with Crippen LogP contribution in [0.15, 0.2) is 84.9 Å². The van der Waals surface area contributed by atoms with Crippen molar-refractivity contribution in [3.8, 4) is 11.5 Å². The Morgan fingerprint density at radius 2 is 1.36 bits per heavy atom. The van der Waals surface area contributed by atoms with Gasteiger partial charge in [0.1, 0.15) is 18.0 Å². The molecule has 0 unspecified atom stereocenters. The number of likely N-dealkylation sites (N-methyl/N-ethyl adjacent to an activating group) is 1. The largest absolute Gasteiger partial charge is 0.497 e. The van der Waals surface area contributed by atoms with Crippen LogP contribution >= 0.6 is 0 Å². The standard InChI is InChI=1S/C26H26N2O5/c1-27(26(31)33-23-11-7-4-8-12-23)19-25(30)28(17-20-9-5-3-6-10-20)18-24(29)21-13-15-22(32-2)16-14-21/h3-16H,17-19H2,1-2H3. The number of benzene rings is 3. The average molecular weight is 447 g/mol. The summed E-state index contributed by atoms with van der Waals surface area (Å²) in [5.41, 5.74) is 1.35. The van der Waals surface area contributed by atoms with Crippen molar-refractivity contribution in [2.45, 2.75) is 6.54 Å². The van der Waals surface area contributed by atoms with Crippen LogP contribution < -0.4 is 9.47 Å². The van der Waals surface area contributed by atoms with Gasteiger partial charge in [0, 0.05) is 19.2 Å². The van der Waals surface area contributed by atoms with E-state index in [1.807, 2.05) is 36.4 Å². The van der Waals surface area contributed by atoms with Gasteiger partial charge in [-0.1, -0.05) is 48.5 Å². The number of rotatable bonds is 9. The van der Waals surface area contributed by atoms with Gasteiger partial charge in [0.15, 0.2) is 5.78 Å². The Morgan fingerprint density at radius 3 is 1.97 bits per heavy atom. The minimum absolute atomic E-state index is 0.123. The van der Waals surface area contributed by atoms with E-state index < -0.39 is 6.09 Å². The molecule has 7 nitrogen and oxygen atoms in total.